The molecule has 0 saturated carbocycles. The zero-order valence-corrected chi connectivity index (χ0v) is 14.6. The van der Waals surface area contributed by atoms with Gasteiger partial charge in [-0.15, -0.1) is 0 Å². The van der Waals surface area contributed by atoms with Crippen LogP contribution in [0.1, 0.15) is 29.3 Å². The molecule has 1 aromatic carbocycles. The molecule has 1 unspecified atom stereocenters. The summed E-state index contributed by atoms with van der Waals surface area (Å²) in [5.41, 5.74) is 5.20. The highest BCUT2D eigenvalue weighted by Gasteiger charge is 2.11. The van der Waals surface area contributed by atoms with Crippen LogP contribution in [0.25, 0.3) is 0 Å². The number of halogens is 1. The number of hydrogen-bond donors (Lipinski definition) is 1. The first-order chi connectivity index (χ1) is 10.1. The van der Waals surface area contributed by atoms with Crippen LogP contribution in [-0.2, 0) is 12.8 Å². The molecule has 1 N–H and O–H groups in total. The maximum atomic E-state index is 4.49. The Morgan fingerprint density at radius 1 is 1.10 bits per heavy atom. The normalized spacial score (nSPS) is 12.4. The number of nitrogens with one attached hydrogen (secondary N) is 1. The van der Waals surface area contributed by atoms with Gasteiger partial charge in [0.25, 0.3) is 0 Å². The van der Waals surface area contributed by atoms with Gasteiger partial charge in [0, 0.05) is 28.8 Å². The van der Waals surface area contributed by atoms with Gasteiger partial charge in [0.2, 0.25) is 0 Å². The molecule has 0 fully saturated rings. The van der Waals surface area contributed by atoms with E-state index >= 15 is 0 Å². The first-order valence-electron chi connectivity index (χ1n) is 7.48. The summed E-state index contributed by atoms with van der Waals surface area (Å²) in [6.07, 6.45) is 3.86. The molecule has 0 aliphatic rings. The van der Waals surface area contributed by atoms with Crippen molar-refractivity contribution in [2.75, 3.05) is 6.54 Å². The summed E-state index contributed by atoms with van der Waals surface area (Å²) in [7, 11) is 0. The SMILES string of the molecule is CCNC(Cc1cc(C)cc(C)c1)Cc1ccc(Br)cn1. The fourth-order valence-corrected chi connectivity index (χ4v) is 2.99. The average Bonchev–Trinajstić information content (AvgIpc) is 2.40. The lowest BCUT2D eigenvalue weighted by molar-refractivity contribution is 0.516. The Morgan fingerprint density at radius 2 is 1.81 bits per heavy atom. The molecule has 0 spiro atoms. The Hall–Kier alpha value is -1.19. The van der Waals surface area contributed by atoms with E-state index in [1.165, 1.54) is 16.7 Å². The Bertz CT molecular complexity index is 558. The molecule has 0 radical (unpaired) electrons. The molecule has 0 saturated heterocycles. The summed E-state index contributed by atoms with van der Waals surface area (Å²) >= 11 is 3.43. The second-order valence-corrected chi connectivity index (χ2v) is 6.54. The molecule has 0 amide bonds. The molecule has 2 rings (SSSR count). The molecule has 1 aromatic heterocycles. The van der Waals surface area contributed by atoms with Crippen LogP contribution in [0, 0.1) is 13.8 Å². The fourth-order valence-electron chi connectivity index (χ4n) is 2.76. The van der Waals surface area contributed by atoms with Gasteiger partial charge in [-0.05, 0) is 60.4 Å². The maximum absolute atomic E-state index is 4.49. The van der Waals surface area contributed by atoms with Crippen LogP contribution < -0.4 is 5.32 Å². The Kier molecular flexibility index (Phi) is 5.95. The van der Waals surface area contributed by atoms with E-state index in [9.17, 15) is 0 Å². The highest BCUT2D eigenvalue weighted by atomic mass is 79.9. The van der Waals surface area contributed by atoms with Gasteiger partial charge in [0.15, 0.2) is 0 Å². The highest BCUT2D eigenvalue weighted by Crippen LogP contribution is 2.14. The van der Waals surface area contributed by atoms with Crippen LogP contribution in [0.2, 0.25) is 0 Å². The van der Waals surface area contributed by atoms with Crippen molar-refractivity contribution >= 4 is 15.9 Å². The van der Waals surface area contributed by atoms with Crippen molar-refractivity contribution in [3.05, 3.63) is 63.4 Å². The van der Waals surface area contributed by atoms with Crippen LogP contribution in [0.3, 0.4) is 0 Å². The summed E-state index contributed by atoms with van der Waals surface area (Å²) in [5.74, 6) is 0. The highest BCUT2D eigenvalue weighted by molar-refractivity contribution is 9.10. The van der Waals surface area contributed by atoms with Crippen molar-refractivity contribution < 1.29 is 0 Å². The smallest absolute Gasteiger partial charge is 0.0420 e. The van der Waals surface area contributed by atoms with Crippen molar-refractivity contribution in [1.82, 2.24) is 10.3 Å². The van der Waals surface area contributed by atoms with Gasteiger partial charge >= 0.3 is 0 Å². The quantitative estimate of drug-likeness (QED) is 0.846. The molecular formula is C18H23BrN2. The Labute approximate surface area is 136 Å². The molecule has 2 nitrogen and oxygen atoms in total. The standard InChI is InChI=1S/C18H23BrN2/c1-4-20-18(11-17-6-5-16(19)12-21-17)10-15-8-13(2)7-14(3)9-15/h5-9,12,18,20H,4,10-11H2,1-3H3. The van der Waals surface area contributed by atoms with Crippen LogP contribution in [0.4, 0.5) is 0 Å². The van der Waals surface area contributed by atoms with Crippen molar-refractivity contribution in [3.63, 3.8) is 0 Å². The van der Waals surface area contributed by atoms with Gasteiger partial charge in [-0.3, -0.25) is 4.98 Å². The monoisotopic (exact) mass is 346 g/mol. The van der Waals surface area contributed by atoms with E-state index < -0.39 is 0 Å². The molecule has 0 aliphatic heterocycles. The fraction of sp³-hybridized carbons (Fsp3) is 0.389. The summed E-state index contributed by atoms with van der Waals surface area (Å²) in [5, 5.41) is 3.58. The average molecular weight is 347 g/mol. The molecule has 1 atom stereocenters. The number of pyridine rings is 1. The number of nitrogens with zero attached hydrogens (tertiary/aromatic N) is 1. The summed E-state index contributed by atoms with van der Waals surface area (Å²) < 4.78 is 1.03. The van der Waals surface area contributed by atoms with Crippen LogP contribution in [0.5, 0.6) is 0 Å². The topological polar surface area (TPSA) is 24.9 Å². The van der Waals surface area contributed by atoms with Crippen molar-refractivity contribution in [3.8, 4) is 0 Å². The molecule has 0 aliphatic carbocycles. The predicted molar refractivity (Wildman–Crippen MR) is 92.7 cm³/mol. The minimum absolute atomic E-state index is 0.421. The van der Waals surface area contributed by atoms with Crippen LogP contribution in [0.15, 0.2) is 41.0 Å². The van der Waals surface area contributed by atoms with Gasteiger partial charge in [0.05, 0.1) is 0 Å². The summed E-state index contributed by atoms with van der Waals surface area (Å²) in [6, 6.07) is 11.4. The van der Waals surface area contributed by atoms with E-state index in [-0.39, 0.29) is 0 Å². The van der Waals surface area contributed by atoms with Gasteiger partial charge in [0.1, 0.15) is 0 Å². The van der Waals surface area contributed by atoms with E-state index in [4.69, 9.17) is 0 Å². The van der Waals surface area contributed by atoms with E-state index in [2.05, 4.69) is 77.3 Å². The zero-order valence-electron chi connectivity index (χ0n) is 13.0. The minimum Gasteiger partial charge on any atom is -0.314 e. The minimum atomic E-state index is 0.421. The first kappa shape index (κ1) is 16.2. The van der Waals surface area contributed by atoms with E-state index in [0.717, 1.165) is 29.6 Å². The number of likely N-dealkylation sites (N-methyl/N-ethyl adjacent to an activating group) is 1. The third-order valence-electron chi connectivity index (χ3n) is 3.50. The van der Waals surface area contributed by atoms with E-state index in [0.29, 0.717) is 6.04 Å². The van der Waals surface area contributed by atoms with Gasteiger partial charge in [-0.1, -0.05) is 36.2 Å². The van der Waals surface area contributed by atoms with E-state index in [1.807, 2.05) is 6.20 Å². The second kappa shape index (κ2) is 7.71. The first-order valence-corrected chi connectivity index (χ1v) is 8.27. The summed E-state index contributed by atoms with van der Waals surface area (Å²) in [4.78, 5) is 4.49. The molecule has 112 valence electrons. The van der Waals surface area contributed by atoms with Gasteiger partial charge in [-0.25, -0.2) is 0 Å². The lowest BCUT2D eigenvalue weighted by Crippen LogP contribution is -2.33. The number of benzene rings is 1. The molecule has 1 heterocycles. The van der Waals surface area contributed by atoms with Gasteiger partial charge in [-0.2, -0.15) is 0 Å². The molecule has 0 bridgehead atoms. The number of aryl methyl sites for hydroxylation is 2. The zero-order chi connectivity index (χ0) is 15.2. The lowest BCUT2D eigenvalue weighted by Gasteiger charge is -2.18. The number of rotatable bonds is 6. The molecular weight excluding hydrogens is 324 g/mol. The number of aromatic nitrogens is 1. The van der Waals surface area contributed by atoms with Crippen LogP contribution >= 0.6 is 15.9 Å². The second-order valence-electron chi connectivity index (χ2n) is 5.63. The lowest BCUT2D eigenvalue weighted by atomic mass is 9.98. The Balaban J connectivity index is 2.09. The predicted octanol–water partition coefficient (Wildman–Crippen LogP) is 4.22. The van der Waals surface area contributed by atoms with Crippen LogP contribution in [-0.4, -0.2) is 17.6 Å². The maximum Gasteiger partial charge on any atom is 0.0420 e. The number of hydrogen-bond acceptors (Lipinski definition) is 2. The molecule has 3 heteroatoms. The van der Waals surface area contributed by atoms with E-state index in [1.54, 1.807) is 0 Å². The molecule has 2 aromatic rings. The van der Waals surface area contributed by atoms with Crippen molar-refractivity contribution in [2.45, 2.75) is 39.7 Å². The van der Waals surface area contributed by atoms with Crippen molar-refractivity contribution in [1.29, 1.82) is 0 Å². The Morgan fingerprint density at radius 3 is 2.38 bits per heavy atom. The third-order valence-corrected chi connectivity index (χ3v) is 3.97. The summed E-state index contributed by atoms with van der Waals surface area (Å²) in [6.45, 7) is 7.46. The molecule has 21 heavy (non-hydrogen) atoms. The van der Waals surface area contributed by atoms with Crippen molar-refractivity contribution in [2.24, 2.45) is 0 Å². The van der Waals surface area contributed by atoms with Gasteiger partial charge < -0.3 is 5.32 Å². The largest absolute Gasteiger partial charge is 0.314 e. The third kappa shape index (κ3) is 5.25.